The zero-order valence-corrected chi connectivity index (χ0v) is 15.4. The summed E-state index contributed by atoms with van der Waals surface area (Å²) in [4.78, 5) is 4.62. The predicted molar refractivity (Wildman–Crippen MR) is 106 cm³/mol. The smallest absolute Gasteiger partial charge is 0.161 e. The van der Waals surface area contributed by atoms with E-state index >= 15 is 0 Å². The number of hydrogen-bond donors (Lipinski definition) is 0. The third-order valence-electron chi connectivity index (χ3n) is 5.31. The Hall–Kier alpha value is -3.14. The molecule has 0 bridgehead atoms. The number of benzene rings is 2. The average Bonchev–Trinajstić information content (AvgIpc) is 3.27. The van der Waals surface area contributed by atoms with Gasteiger partial charge < -0.3 is 4.57 Å². The van der Waals surface area contributed by atoms with E-state index in [1.165, 1.54) is 28.9 Å². The molecule has 0 N–H and O–H groups in total. The standard InChI is InChI=1S/C23H20FN3/c1-15(2)17-5-8-21-19(11-17)14-26-13-18(16-3-6-20(24)7-4-16)12-22(26)23-25-9-10-27(21)23/h3-13,15H,14H2,1-2H3. The summed E-state index contributed by atoms with van der Waals surface area (Å²) in [5.74, 6) is 1.20. The summed E-state index contributed by atoms with van der Waals surface area (Å²) >= 11 is 0. The maximum atomic E-state index is 13.3. The zero-order valence-electron chi connectivity index (χ0n) is 15.4. The molecule has 0 fully saturated rings. The van der Waals surface area contributed by atoms with Crippen molar-refractivity contribution in [3.8, 4) is 28.3 Å². The molecule has 0 saturated heterocycles. The van der Waals surface area contributed by atoms with E-state index in [1.54, 1.807) is 0 Å². The molecule has 0 amide bonds. The number of fused-ring (bicyclic) bond motifs is 5. The maximum absolute atomic E-state index is 13.3. The van der Waals surface area contributed by atoms with Gasteiger partial charge in [0.15, 0.2) is 5.82 Å². The van der Waals surface area contributed by atoms with Crippen LogP contribution in [0.3, 0.4) is 0 Å². The van der Waals surface area contributed by atoms with Gasteiger partial charge in [-0.3, -0.25) is 4.57 Å². The Morgan fingerprint density at radius 2 is 1.81 bits per heavy atom. The first kappa shape index (κ1) is 16.1. The van der Waals surface area contributed by atoms with Crippen molar-refractivity contribution in [1.82, 2.24) is 14.1 Å². The van der Waals surface area contributed by atoms with Crippen LogP contribution in [0.5, 0.6) is 0 Å². The molecule has 5 rings (SSSR count). The lowest BCUT2D eigenvalue weighted by atomic mass is 9.99. The van der Waals surface area contributed by atoms with E-state index < -0.39 is 0 Å². The lowest BCUT2D eigenvalue weighted by Gasteiger charge is -2.13. The number of imidazole rings is 1. The Bertz CT molecular complexity index is 1130. The van der Waals surface area contributed by atoms with Crippen molar-refractivity contribution in [1.29, 1.82) is 0 Å². The topological polar surface area (TPSA) is 22.8 Å². The summed E-state index contributed by atoms with van der Waals surface area (Å²) < 4.78 is 17.7. The number of hydrogen-bond acceptors (Lipinski definition) is 1. The molecule has 0 unspecified atom stereocenters. The van der Waals surface area contributed by atoms with Gasteiger partial charge in [0.2, 0.25) is 0 Å². The minimum absolute atomic E-state index is 0.217. The van der Waals surface area contributed by atoms with Crippen molar-refractivity contribution in [2.75, 3.05) is 0 Å². The van der Waals surface area contributed by atoms with Crippen LogP contribution in [0.15, 0.2) is 67.1 Å². The van der Waals surface area contributed by atoms with Gasteiger partial charge >= 0.3 is 0 Å². The molecule has 0 spiro atoms. The Morgan fingerprint density at radius 3 is 2.59 bits per heavy atom. The largest absolute Gasteiger partial charge is 0.340 e. The highest BCUT2D eigenvalue weighted by Crippen LogP contribution is 2.34. The van der Waals surface area contributed by atoms with Gasteiger partial charge in [0.1, 0.15) is 5.82 Å². The zero-order chi connectivity index (χ0) is 18.5. The molecule has 134 valence electrons. The third-order valence-corrected chi connectivity index (χ3v) is 5.31. The SMILES string of the molecule is CC(C)c1ccc2c(c1)Cn1cc(-c3ccc(F)cc3)cc1-c1nccn1-2. The lowest BCUT2D eigenvalue weighted by molar-refractivity contribution is 0.628. The first-order valence-electron chi connectivity index (χ1n) is 9.23. The molecule has 3 nitrogen and oxygen atoms in total. The maximum Gasteiger partial charge on any atom is 0.161 e. The fourth-order valence-corrected chi connectivity index (χ4v) is 3.83. The van der Waals surface area contributed by atoms with Crippen LogP contribution in [-0.2, 0) is 6.54 Å². The van der Waals surface area contributed by atoms with E-state index in [-0.39, 0.29) is 5.82 Å². The van der Waals surface area contributed by atoms with Crippen molar-refractivity contribution < 1.29 is 4.39 Å². The van der Waals surface area contributed by atoms with Crippen molar-refractivity contribution in [2.45, 2.75) is 26.3 Å². The van der Waals surface area contributed by atoms with E-state index in [4.69, 9.17) is 0 Å². The van der Waals surface area contributed by atoms with Gasteiger partial charge in [-0.1, -0.05) is 38.1 Å². The Morgan fingerprint density at radius 1 is 1.00 bits per heavy atom. The molecule has 0 saturated carbocycles. The van der Waals surface area contributed by atoms with Crippen LogP contribution in [0.2, 0.25) is 0 Å². The molecule has 1 aliphatic rings. The minimum atomic E-state index is -0.217. The predicted octanol–water partition coefficient (Wildman–Crippen LogP) is 5.63. The molecule has 0 radical (unpaired) electrons. The Balaban J connectivity index is 1.68. The van der Waals surface area contributed by atoms with Crippen LogP contribution in [-0.4, -0.2) is 14.1 Å². The Labute approximate surface area is 157 Å². The lowest BCUT2D eigenvalue weighted by Crippen LogP contribution is -2.01. The molecule has 4 aromatic rings. The molecule has 27 heavy (non-hydrogen) atoms. The summed E-state index contributed by atoms with van der Waals surface area (Å²) in [7, 11) is 0. The molecule has 0 atom stereocenters. The van der Waals surface area contributed by atoms with Gasteiger partial charge in [0.05, 0.1) is 11.4 Å². The van der Waals surface area contributed by atoms with Crippen LogP contribution in [0, 0.1) is 5.82 Å². The van der Waals surface area contributed by atoms with Crippen molar-refractivity contribution in [2.24, 2.45) is 0 Å². The van der Waals surface area contributed by atoms with Crippen LogP contribution in [0.25, 0.3) is 28.3 Å². The van der Waals surface area contributed by atoms with Gasteiger partial charge in [-0.05, 0) is 46.9 Å². The highest BCUT2D eigenvalue weighted by Gasteiger charge is 2.21. The first-order chi connectivity index (χ1) is 13.1. The molecule has 3 heterocycles. The summed E-state index contributed by atoms with van der Waals surface area (Å²) in [5, 5.41) is 0. The van der Waals surface area contributed by atoms with Gasteiger partial charge in [-0.25, -0.2) is 9.37 Å². The second kappa shape index (κ2) is 5.95. The van der Waals surface area contributed by atoms with Gasteiger partial charge in [0, 0.05) is 30.7 Å². The van der Waals surface area contributed by atoms with E-state index in [2.05, 4.69) is 58.4 Å². The summed E-state index contributed by atoms with van der Waals surface area (Å²) in [6, 6.07) is 15.5. The van der Waals surface area contributed by atoms with Crippen LogP contribution >= 0.6 is 0 Å². The fourth-order valence-electron chi connectivity index (χ4n) is 3.83. The molecule has 4 heteroatoms. The average molecular weight is 357 g/mol. The van der Waals surface area contributed by atoms with Crippen LogP contribution < -0.4 is 0 Å². The van der Waals surface area contributed by atoms with Crippen LogP contribution in [0.1, 0.15) is 30.9 Å². The number of rotatable bonds is 2. The molecular formula is C23H20FN3. The molecule has 0 aliphatic carbocycles. The molecule has 2 aromatic carbocycles. The number of aromatic nitrogens is 3. The minimum Gasteiger partial charge on any atom is -0.340 e. The highest BCUT2D eigenvalue weighted by molar-refractivity contribution is 5.71. The molecular weight excluding hydrogens is 337 g/mol. The third kappa shape index (κ3) is 2.60. The number of halogens is 1. The van der Waals surface area contributed by atoms with E-state index in [9.17, 15) is 4.39 Å². The second-order valence-electron chi connectivity index (χ2n) is 7.41. The van der Waals surface area contributed by atoms with Gasteiger partial charge in [-0.15, -0.1) is 0 Å². The van der Waals surface area contributed by atoms with E-state index in [0.717, 1.165) is 29.2 Å². The van der Waals surface area contributed by atoms with Crippen molar-refractivity contribution in [3.63, 3.8) is 0 Å². The van der Waals surface area contributed by atoms with Gasteiger partial charge in [-0.2, -0.15) is 0 Å². The second-order valence-corrected chi connectivity index (χ2v) is 7.41. The number of nitrogens with zero attached hydrogens (tertiary/aromatic N) is 3. The van der Waals surface area contributed by atoms with E-state index in [1.807, 2.05) is 24.5 Å². The summed E-state index contributed by atoms with van der Waals surface area (Å²) in [6.07, 6.45) is 6.00. The van der Waals surface area contributed by atoms with Crippen LogP contribution in [0.4, 0.5) is 4.39 Å². The van der Waals surface area contributed by atoms with Crippen molar-refractivity contribution in [3.05, 3.63) is 84.1 Å². The fraction of sp³-hybridized carbons (Fsp3) is 0.174. The Kier molecular flexibility index (Phi) is 3.54. The summed E-state index contributed by atoms with van der Waals surface area (Å²) in [5.41, 5.74) is 6.94. The quantitative estimate of drug-likeness (QED) is 0.401. The normalized spacial score (nSPS) is 12.4. The highest BCUT2D eigenvalue weighted by atomic mass is 19.1. The van der Waals surface area contributed by atoms with E-state index in [0.29, 0.717) is 5.92 Å². The monoisotopic (exact) mass is 357 g/mol. The molecule has 2 aromatic heterocycles. The van der Waals surface area contributed by atoms with Gasteiger partial charge in [0.25, 0.3) is 0 Å². The first-order valence-corrected chi connectivity index (χ1v) is 9.23. The summed E-state index contributed by atoms with van der Waals surface area (Å²) in [6.45, 7) is 5.22. The molecule has 1 aliphatic heterocycles. The van der Waals surface area contributed by atoms with Crippen molar-refractivity contribution >= 4 is 0 Å².